The van der Waals surface area contributed by atoms with Crippen LogP contribution in [0.5, 0.6) is 0 Å². The summed E-state index contributed by atoms with van der Waals surface area (Å²) in [5, 5.41) is 0. The maximum absolute atomic E-state index is 4.30. The predicted molar refractivity (Wildman–Crippen MR) is 40.3 cm³/mol. The standard InChI is InChI=1S/C7H14N4/c8-7-1-9-4-10(2-7)6-11(3-7)5-9/h1-6,8H2/p+1. The lowest BCUT2D eigenvalue weighted by Crippen LogP contribution is -2.91. The van der Waals surface area contributed by atoms with Crippen LogP contribution in [-0.2, 0) is 0 Å². The molecule has 4 saturated heterocycles. The van der Waals surface area contributed by atoms with E-state index in [4.69, 9.17) is 0 Å². The van der Waals surface area contributed by atoms with Gasteiger partial charge in [0, 0.05) is 0 Å². The summed E-state index contributed by atoms with van der Waals surface area (Å²) in [6, 6.07) is 0. The third kappa shape index (κ3) is 0.840. The summed E-state index contributed by atoms with van der Waals surface area (Å²) < 4.78 is 0. The second-order valence-corrected chi connectivity index (χ2v) is 4.41. The Morgan fingerprint density at radius 1 is 0.818 bits per heavy atom. The van der Waals surface area contributed by atoms with Crippen LogP contribution in [0.2, 0.25) is 0 Å². The van der Waals surface area contributed by atoms with Gasteiger partial charge in [0.1, 0.15) is 5.54 Å². The van der Waals surface area contributed by atoms with Gasteiger partial charge in [0.05, 0.1) is 39.6 Å². The molecular formula is C7H15N4+. The normalized spacial score (nSPS) is 60.3. The molecule has 0 aliphatic carbocycles. The lowest BCUT2D eigenvalue weighted by molar-refractivity contribution is -0.506. The fourth-order valence-electron chi connectivity index (χ4n) is 2.86. The summed E-state index contributed by atoms with van der Waals surface area (Å²) in [5.41, 5.74) is 4.63. The molecule has 4 heteroatoms. The van der Waals surface area contributed by atoms with E-state index in [1.807, 2.05) is 0 Å². The summed E-state index contributed by atoms with van der Waals surface area (Å²) in [7, 11) is 0. The molecule has 3 N–H and O–H groups in total. The summed E-state index contributed by atoms with van der Waals surface area (Å²) in [4.78, 5) is 7.47. The Bertz CT molecular complexity index is 156. The highest BCUT2D eigenvalue weighted by atomic mass is 15.5. The van der Waals surface area contributed by atoms with Crippen molar-refractivity contribution in [1.29, 1.82) is 0 Å². The van der Waals surface area contributed by atoms with Crippen LogP contribution >= 0.6 is 0 Å². The van der Waals surface area contributed by atoms with Crippen molar-refractivity contribution in [3.05, 3.63) is 0 Å². The molecule has 4 rings (SSSR count). The maximum atomic E-state index is 4.30. The fraction of sp³-hybridized carbons (Fsp3) is 1.00. The van der Waals surface area contributed by atoms with Crippen LogP contribution in [0.15, 0.2) is 0 Å². The first kappa shape index (κ1) is 6.37. The van der Waals surface area contributed by atoms with Crippen molar-refractivity contribution in [3.63, 3.8) is 0 Å². The van der Waals surface area contributed by atoms with Gasteiger partial charge in [-0.1, -0.05) is 0 Å². The highest BCUT2D eigenvalue weighted by Crippen LogP contribution is 2.25. The highest BCUT2D eigenvalue weighted by molar-refractivity contribution is 4.98. The largest absolute Gasteiger partial charge is 0.349 e. The van der Waals surface area contributed by atoms with Gasteiger partial charge in [0.2, 0.25) is 0 Å². The van der Waals surface area contributed by atoms with Gasteiger partial charge >= 0.3 is 0 Å². The number of hydrogen-bond donors (Lipinski definition) is 1. The Balaban J connectivity index is 1.94. The van der Waals surface area contributed by atoms with Gasteiger partial charge in [0.15, 0.2) is 0 Å². The van der Waals surface area contributed by atoms with E-state index in [2.05, 4.69) is 20.4 Å². The lowest BCUT2D eigenvalue weighted by atomic mass is 9.92. The summed E-state index contributed by atoms with van der Waals surface area (Å²) in [6.45, 7) is 7.15. The average Bonchev–Trinajstić information content (AvgIpc) is 1.79. The van der Waals surface area contributed by atoms with Crippen LogP contribution in [0.4, 0.5) is 0 Å². The van der Waals surface area contributed by atoms with Gasteiger partial charge in [-0.25, -0.2) is 0 Å². The van der Waals surface area contributed by atoms with Gasteiger partial charge in [-0.15, -0.1) is 0 Å². The molecule has 4 fully saturated rings. The Labute approximate surface area is 66.5 Å². The van der Waals surface area contributed by atoms with E-state index in [0.717, 1.165) is 0 Å². The van der Waals surface area contributed by atoms with Crippen molar-refractivity contribution < 1.29 is 5.73 Å². The van der Waals surface area contributed by atoms with Crippen molar-refractivity contribution in [2.45, 2.75) is 5.54 Å². The first-order valence-corrected chi connectivity index (χ1v) is 4.26. The molecule has 11 heavy (non-hydrogen) atoms. The van der Waals surface area contributed by atoms with Crippen LogP contribution in [0.1, 0.15) is 0 Å². The molecule has 0 atom stereocenters. The first-order chi connectivity index (χ1) is 5.23. The molecular weight excluding hydrogens is 140 g/mol. The van der Waals surface area contributed by atoms with Crippen molar-refractivity contribution in [3.8, 4) is 0 Å². The number of rotatable bonds is 0. The molecule has 0 aromatic carbocycles. The Kier molecular flexibility index (Phi) is 1.02. The zero-order valence-corrected chi connectivity index (χ0v) is 6.79. The molecule has 4 nitrogen and oxygen atoms in total. The summed E-state index contributed by atoms with van der Waals surface area (Å²) in [5.74, 6) is 0. The second-order valence-electron chi connectivity index (χ2n) is 4.41. The third-order valence-electron chi connectivity index (χ3n) is 2.88. The van der Waals surface area contributed by atoms with Crippen molar-refractivity contribution in [1.82, 2.24) is 14.7 Å². The minimum absolute atomic E-state index is 0.328. The third-order valence-corrected chi connectivity index (χ3v) is 2.88. The van der Waals surface area contributed by atoms with E-state index in [1.165, 1.54) is 39.6 Å². The van der Waals surface area contributed by atoms with Gasteiger partial charge in [-0.2, -0.15) is 0 Å². The van der Waals surface area contributed by atoms with Gasteiger partial charge in [0.25, 0.3) is 0 Å². The first-order valence-electron chi connectivity index (χ1n) is 4.26. The Morgan fingerprint density at radius 3 is 1.45 bits per heavy atom. The smallest absolute Gasteiger partial charge is 0.133 e. The number of nitrogens with zero attached hydrogens (tertiary/aromatic N) is 3. The maximum Gasteiger partial charge on any atom is 0.133 e. The van der Waals surface area contributed by atoms with E-state index in [0.29, 0.717) is 5.54 Å². The molecule has 0 amide bonds. The van der Waals surface area contributed by atoms with Crippen molar-refractivity contribution in [2.24, 2.45) is 0 Å². The summed E-state index contributed by atoms with van der Waals surface area (Å²) >= 11 is 0. The van der Waals surface area contributed by atoms with Crippen LogP contribution < -0.4 is 5.73 Å². The van der Waals surface area contributed by atoms with Crippen molar-refractivity contribution in [2.75, 3.05) is 39.6 Å². The molecule has 0 aromatic heterocycles. The molecule has 4 bridgehead atoms. The Hall–Kier alpha value is -0.160. The predicted octanol–water partition coefficient (Wildman–Crippen LogP) is -2.21. The van der Waals surface area contributed by atoms with Crippen LogP contribution in [0.3, 0.4) is 0 Å². The topological polar surface area (TPSA) is 37.4 Å². The minimum Gasteiger partial charge on any atom is -0.349 e. The zero-order chi connectivity index (χ0) is 7.47. The quantitative estimate of drug-likeness (QED) is 0.431. The van der Waals surface area contributed by atoms with Crippen LogP contribution in [-0.4, -0.2) is 59.9 Å². The SMILES string of the molecule is [NH3+]C12CN3CN(CN(C3)C1)C2. The van der Waals surface area contributed by atoms with Crippen LogP contribution in [0.25, 0.3) is 0 Å². The van der Waals surface area contributed by atoms with E-state index in [-0.39, 0.29) is 0 Å². The van der Waals surface area contributed by atoms with Gasteiger partial charge in [-0.05, 0) is 0 Å². The lowest BCUT2D eigenvalue weighted by Gasteiger charge is -2.57. The molecule has 0 radical (unpaired) electrons. The van der Waals surface area contributed by atoms with E-state index >= 15 is 0 Å². The molecule has 4 aliphatic heterocycles. The van der Waals surface area contributed by atoms with E-state index in [9.17, 15) is 0 Å². The molecule has 0 unspecified atom stereocenters. The molecule has 0 saturated carbocycles. The second kappa shape index (κ2) is 1.77. The molecule has 0 spiro atoms. The molecule has 4 heterocycles. The van der Waals surface area contributed by atoms with Gasteiger partial charge < -0.3 is 5.73 Å². The Morgan fingerprint density at radius 2 is 1.18 bits per heavy atom. The van der Waals surface area contributed by atoms with Crippen LogP contribution in [0, 0.1) is 0 Å². The average molecular weight is 155 g/mol. The molecule has 4 aliphatic rings. The molecule has 0 aromatic rings. The summed E-state index contributed by atoms with van der Waals surface area (Å²) in [6.07, 6.45) is 0. The fourth-order valence-corrected chi connectivity index (χ4v) is 2.86. The highest BCUT2D eigenvalue weighted by Gasteiger charge is 2.48. The van der Waals surface area contributed by atoms with E-state index in [1.54, 1.807) is 0 Å². The van der Waals surface area contributed by atoms with Crippen molar-refractivity contribution >= 4 is 0 Å². The van der Waals surface area contributed by atoms with Gasteiger partial charge in [-0.3, -0.25) is 14.7 Å². The minimum atomic E-state index is 0.328. The zero-order valence-electron chi connectivity index (χ0n) is 6.79. The number of hydrogen-bond acceptors (Lipinski definition) is 3. The monoisotopic (exact) mass is 155 g/mol. The van der Waals surface area contributed by atoms with E-state index < -0.39 is 0 Å². The number of quaternary nitrogens is 1. The molecule has 62 valence electrons.